The van der Waals surface area contributed by atoms with E-state index in [4.69, 9.17) is 10.2 Å². The Balaban J connectivity index is 3.16. The van der Waals surface area contributed by atoms with Gasteiger partial charge in [-0.05, 0) is 6.07 Å². The van der Waals surface area contributed by atoms with Crippen LogP contribution in [0.4, 0.5) is 0 Å². The van der Waals surface area contributed by atoms with Crippen molar-refractivity contribution in [2.75, 3.05) is 0 Å². The normalized spacial score (nSPS) is 9.75. The fourth-order valence-corrected chi connectivity index (χ4v) is 0.790. The Morgan fingerprint density at radius 3 is 2.67 bits per heavy atom. The van der Waals surface area contributed by atoms with Crippen LogP contribution < -0.4 is 0 Å². The number of hydrogen-bond acceptors (Lipinski definition) is 4. The summed E-state index contributed by atoms with van der Waals surface area (Å²) < 4.78 is 4.68. The Morgan fingerprint density at radius 2 is 2.33 bits per heavy atom. The van der Waals surface area contributed by atoms with E-state index in [1.165, 1.54) is 0 Å². The summed E-state index contributed by atoms with van der Waals surface area (Å²) in [4.78, 5) is 20.6. The maximum atomic E-state index is 10.4. The van der Waals surface area contributed by atoms with Crippen molar-refractivity contribution in [3.05, 3.63) is 23.2 Å². The third-order valence-electron chi connectivity index (χ3n) is 1.31. The predicted molar refractivity (Wildman–Crippen MR) is 37.0 cm³/mol. The second kappa shape index (κ2) is 3.19. The Hall–Kier alpha value is -1.62. The van der Waals surface area contributed by atoms with Gasteiger partial charge in [-0.15, -0.1) is 0 Å². The summed E-state index contributed by atoms with van der Waals surface area (Å²) in [5.41, 5.74) is -0.228. The fourth-order valence-electron chi connectivity index (χ4n) is 0.790. The summed E-state index contributed by atoms with van der Waals surface area (Å²) in [5.74, 6) is -1.46. The van der Waals surface area contributed by atoms with Gasteiger partial charge in [0.05, 0.1) is 0 Å². The van der Waals surface area contributed by atoms with Crippen molar-refractivity contribution in [1.82, 2.24) is 0 Å². The molecule has 12 heavy (non-hydrogen) atoms. The Labute approximate surface area is 67.2 Å². The second-order valence-electron chi connectivity index (χ2n) is 2.07. The van der Waals surface area contributed by atoms with E-state index in [1.807, 2.05) is 0 Å². The highest BCUT2D eigenvalue weighted by Gasteiger charge is 2.15. The number of carbonyl (C=O) groups excluding carboxylic acids is 1. The van der Waals surface area contributed by atoms with Crippen molar-refractivity contribution >= 4 is 12.3 Å². The van der Waals surface area contributed by atoms with Gasteiger partial charge in [0.2, 0.25) is 0 Å². The number of aromatic carboxylic acids is 1. The van der Waals surface area contributed by atoms with Gasteiger partial charge in [0, 0.05) is 0 Å². The Kier molecular flexibility index (Phi) is 2.25. The molecule has 0 unspecified atom stereocenters. The molecule has 0 aliphatic rings. The zero-order valence-corrected chi connectivity index (χ0v) is 5.98. The number of carboxylic acid groups (broad SMARTS) is 1. The molecule has 0 spiro atoms. The monoisotopic (exact) mass is 170 g/mol. The van der Waals surface area contributed by atoms with Gasteiger partial charge in [0.1, 0.15) is 17.9 Å². The van der Waals surface area contributed by atoms with Gasteiger partial charge >= 0.3 is 5.97 Å². The standard InChI is InChI=1S/C7H6O5/c8-2-4-1-5(7(10)11)6(3-9)12-4/h1,3,8H,2H2,(H,10,11). The van der Waals surface area contributed by atoms with Gasteiger partial charge in [-0.1, -0.05) is 0 Å². The van der Waals surface area contributed by atoms with Crippen LogP contribution in [0.25, 0.3) is 0 Å². The summed E-state index contributed by atoms with van der Waals surface area (Å²) in [7, 11) is 0. The third-order valence-corrected chi connectivity index (χ3v) is 1.31. The van der Waals surface area contributed by atoms with Gasteiger partial charge in [-0.25, -0.2) is 4.79 Å². The minimum Gasteiger partial charge on any atom is -0.478 e. The lowest BCUT2D eigenvalue weighted by atomic mass is 10.2. The maximum Gasteiger partial charge on any atom is 0.339 e. The van der Waals surface area contributed by atoms with Crippen LogP contribution in [0.15, 0.2) is 10.5 Å². The minimum absolute atomic E-state index is 0.0644. The first-order chi connectivity index (χ1) is 5.69. The molecule has 5 nitrogen and oxygen atoms in total. The number of aliphatic hydroxyl groups excluding tert-OH is 1. The van der Waals surface area contributed by atoms with Crippen LogP contribution in [0.3, 0.4) is 0 Å². The van der Waals surface area contributed by atoms with Crippen molar-refractivity contribution < 1.29 is 24.2 Å². The average molecular weight is 170 g/mol. The van der Waals surface area contributed by atoms with Crippen LogP contribution in [0, 0.1) is 0 Å². The lowest BCUT2D eigenvalue weighted by molar-refractivity contribution is 0.0692. The van der Waals surface area contributed by atoms with Crippen molar-refractivity contribution in [2.24, 2.45) is 0 Å². The van der Waals surface area contributed by atoms with E-state index in [9.17, 15) is 9.59 Å². The molecule has 0 radical (unpaired) electrons. The second-order valence-corrected chi connectivity index (χ2v) is 2.07. The van der Waals surface area contributed by atoms with Crippen LogP contribution in [0.2, 0.25) is 0 Å². The predicted octanol–water partition coefficient (Wildman–Crippen LogP) is 0.283. The number of aliphatic hydroxyl groups is 1. The number of hydrogen-bond donors (Lipinski definition) is 2. The lowest BCUT2D eigenvalue weighted by Gasteiger charge is -1.84. The first-order valence-corrected chi connectivity index (χ1v) is 3.11. The molecule has 0 fully saturated rings. The third kappa shape index (κ3) is 1.35. The highest BCUT2D eigenvalue weighted by Crippen LogP contribution is 2.13. The van der Waals surface area contributed by atoms with Crippen LogP contribution in [0.1, 0.15) is 26.7 Å². The highest BCUT2D eigenvalue weighted by molar-refractivity contribution is 5.95. The summed E-state index contributed by atoms with van der Waals surface area (Å²) in [6.45, 7) is -0.422. The molecular weight excluding hydrogens is 164 g/mol. The highest BCUT2D eigenvalue weighted by atomic mass is 16.4. The molecule has 0 amide bonds. The smallest absolute Gasteiger partial charge is 0.339 e. The van der Waals surface area contributed by atoms with E-state index in [-0.39, 0.29) is 17.1 Å². The topological polar surface area (TPSA) is 87.7 Å². The van der Waals surface area contributed by atoms with Crippen LogP contribution in [0.5, 0.6) is 0 Å². The van der Waals surface area contributed by atoms with E-state index in [0.717, 1.165) is 6.07 Å². The number of aldehydes is 1. The number of carbonyl (C=O) groups is 2. The SMILES string of the molecule is O=Cc1oc(CO)cc1C(=O)O. The van der Waals surface area contributed by atoms with E-state index in [0.29, 0.717) is 6.29 Å². The summed E-state index contributed by atoms with van der Waals surface area (Å²) in [6.07, 6.45) is 0.294. The molecule has 0 bridgehead atoms. The Morgan fingerprint density at radius 1 is 1.67 bits per heavy atom. The molecule has 0 aliphatic heterocycles. The molecule has 1 aromatic rings. The van der Waals surface area contributed by atoms with Gasteiger partial charge < -0.3 is 14.6 Å². The molecule has 0 aliphatic carbocycles. The quantitative estimate of drug-likeness (QED) is 0.636. The van der Waals surface area contributed by atoms with Gasteiger partial charge in [-0.3, -0.25) is 4.79 Å². The molecule has 0 atom stereocenters. The van der Waals surface area contributed by atoms with Crippen molar-refractivity contribution in [2.45, 2.75) is 6.61 Å². The number of furan rings is 1. The van der Waals surface area contributed by atoms with E-state index < -0.39 is 12.6 Å². The van der Waals surface area contributed by atoms with Crippen molar-refractivity contribution in [1.29, 1.82) is 0 Å². The van der Waals surface area contributed by atoms with E-state index >= 15 is 0 Å². The molecular formula is C7H6O5. The Bertz CT molecular complexity index is 312. The number of rotatable bonds is 3. The van der Waals surface area contributed by atoms with Gasteiger partial charge in [-0.2, -0.15) is 0 Å². The molecule has 64 valence electrons. The molecule has 5 heteroatoms. The van der Waals surface area contributed by atoms with E-state index in [2.05, 4.69) is 4.42 Å². The average Bonchev–Trinajstić information content (AvgIpc) is 2.47. The fraction of sp³-hybridized carbons (Fsp3) is 0.143. The summed E-state index contributed by atoms with van der Waals surface area (Å²) in [6, 6.07) is 1.12. The molecule has 1 rings (SSSR count). The lowest BCUT2D eigenvalue weighted by Crippen LogP contribution is -1.97. The van der Waals surface area contributed by atoms with Gasteiger partial charge in [0.25, 0.3) is 0 Å². The van der Waals surface area contributed by atoms with Crippen LogP contribution in [-0.4, -0.2) is 22.5 Å². The first kappa shape index (κ1) is 8.48. The van der Waals surface area contributed by atoms with Crippen LogP contribution >= 0.6 is 0 Å². The van der Waals surface area contributed by atoms with Gasteiger partial charge in [0.15, 0.2) is 12.0 Å². The molecule has 0 saturated heterocycles. The maximum absolute atomic E-state index is 10.4. The zero-order chi connectivity index (χ0) is 9.14. The number of carboxylic acids is 1. The van der Waals surface area contributed by atoms with Crippen LogP contribution in [-0.2, 0) is 6.61 Å². The minimum atomic E-state index is -1.25. The first-order valence-electron chi connectivity index (χ1n) is 3.11. The van der Waals surface area contributed by atoms with Crippen molar-refractivity contribution in [3.8, 4) is 0 Å². The molecule has 1 heterocycles. The summed E-state index contributed by atoms with van der Waals surface area (Å²) in [5, 5.41) is 17.1. The van der Waals surface area contributed by atoms with E-state index in [1.54, 1.807) is 0 Å². The molecule has 0 aromatic carbocycles. The molecule has 0 saturated carbocycles. The summed E-state index contributed by atoms with van der Waals surface area (Å²) >= 11 is 0. The zero-order valence-electron chi connectivity index (χ0n) is 5.98. The van der Waals surface area contributed by atoms with Crippen molar-refractivity contribution in [3.63, 3.8) is 0 Å². The largest absolute Gasteiger partial charge is 0.478 e. The molecule has 1 aromatic heterocycles. The molecule has 2 N–H and O–H groups in total.